The zero-order valence-corrected chi connectivity index (χ0v) is 26.9. The molecule has 1 heterocycles. The lowest BCUT2D eigenvalue weighted by molar-refractivity contribution is -0.680. The van der Waals surface area contributed by atoms with Gasteiger partial charge in [-0.15, -0.1) is 0 Å². The van der Waals surface area contributed by atoms with Crippen LogP contribution < -0.4 is 0 Å². The van der Waals surface area contributed by atoms with Crippen LogP contribution in [-0.2, 0) is 29.1 Å². The Hall–Kier alpha value is -1.22. The number of aliphatic carboxylic acids is 1. The second kappa shape index (κ2) is 15.9. The molecular weight excluding hydrogens is 546 g/mol. The Morgan fingerprint density at radius 3 is 1.72 bits per heavy atom. The molecule has 1 aliphatic heterocycles. The average molecular weight is 606 g/mol. The number of unbranched alkanes of at least 4 members (excludes halogenated alkanes) is 11. The summed E-state index contributed by atoms with van der Waals surface area (Å²) >= 11 is 0. The van der Waals surface area contributed by atoms with Gasteiger partial charge in [-0.2, -0.15) is 19.6 Å². The summed E-state index contributed by atoms with van der Waals surface area (Å²) in [7, 11) is 0. The van der Waals surface area contributed by atoms with Gasteiger partial charge in [0.05, 0.1) is 6.42 Å². The van der Waals surface area contributed by atoms with Crippen molar-refractivity contribution in [3.63, 3.8) is 0 Å². The molecule has 0 aromatic carbocycles. The fourth-order valence-electron chi connectivity index (χ4n) is 9.02. The van der Waals surface area contributed by atoms with Crippen molar-refractivity contribution in [3.05, 3.63) is 0 Å². The maximum absolute atomic E-state index is 13.3. The second-order valence-electron chi connectivity index (χ2n) is 14.8. The highest BCUT2D eigenvalue weighted by Gasteiger charge is 2.64. The van der Waals surface area contributed by atoms with Crippen LogP contribution >= 0.6 is 0 Å². The van der Waals surface area contributed by atoms with E-state index in [1.165, 1.54) is 70.6 Å². The van der Waals surface area contributed by atoms with Crippen LogP contribution in [0.15, 0.2) is 0 Å². The number of amides is 1. The van der Waals surface area contributed by atoms with E-state index in [0.717, 1.165) is 63.2 Å². The Morgan fingerprint density at radius 1 is 0.698 bits per heavy atom. The van der Waals surface area contributed by atoms with Crippen molar-refractivity contribution in [1.82, 2.24) is 4.90 Å². The van der Waals surface area contributed by atoms with Crippen LogP contribution in [-0.4, -0.2) is 46.5 Å². The molecule has 5 saturated carbocycles. The molecule has 43 heavy (non-hydrogen) atoms. The normalized spacial score (nSPS) is 34.7. The number of carboxylic acid groups (broad SMARTS) is 1. The van der Waals surface area contributed by atoms with E-state index < -0.39 is 17.5 Å². The Bertz CT molecular complexity index is 845. The number of rotatable bonds is 18. The van der Waals surface area contributed by atoms with Crippen LogP contribution in [0.25, 0.3) is 0 Å². The van der Waals surface area contributed by atoms with Gasteiger partial charge in [0.2, 0.25) is 17.5 Å². The first-order chi connectivity index (χ1) is 20.9. The molecule has 0 aromatic rings. The maximum atomic E-state index is 13.3. The smallest absolute Gasteiger partial charge is 0.305 e. The van der Waals surface area contributed by atoms with Crippen molar-refractivity contribution in [3.8, 4) is 0 Å². The Balaban J connectivity index is 0.978. The van der Waals surface area contributed by atoms with Crippen LogP contribution in [0.3, 0.4) is 0 Å². The molecule has 2 spiro atoms. The number of carboxylic acids is 1. The second-order valence-corrected chi connectivity index (χ2v) is 14.8. The highest BCUT2D eigenvalue weighted by molar-refractivity contribution is 5.77. The molecule has 5 aliphatic carbocycles. The summed E-state index contributed by atoms with van der Waals surface area (Å²) in [6.45, 7) is 3.21. The summed E-state index contributed by atoms with van der Waals surface area (Å²) in [5, 5.41) is 9.25. The first kappa shape index (κ1) is 33.2. The summed E-state index contributed by atoms with van der Waals surface area (Å²) in [4.78, 5) is 50.8. The molecule has 8 nitrogen and oxygen atoms in total. The van der Waals surface area contributed by atoms with Crippen LogP contribution in [0.4, 0.5) is 0 Å². The summed E-state index contributed by atoms with van der Waals surface area (Å²) in [6.07, 6.45) is 24.5. The first-order valence-corrected chi connectivity index (χ1v) is 18.1. The molecule has 0 aromatic heterocycles. The molecule has 6 aliphatic rings. The lowest BCUT2D eigenvalue weighted by atomic mass is 9.53. The molecule has 1 N–H and O–H groups in total. The lowest BCUT2D eigenvalue weighted by Gasteiger charge is -2.60. The third-order valence-corrected chi connectivity index (χ3v) is 11.5. The van der Waals surface area contributed by atoms with Crippen molar-refractivity contribution < 1.29 is 34.2 Å². The predicted octanol–water partition coefficient (Wildman–Crippen LogP) is 8.33. The van der Waals surface area contributed by atoms with Gasteiger partial charge in [-0.05, 0) is 69.1 Å². The minimum Gasteiger partial charge on any atom is -0.481 e. The minimum atomic E-state index is -0.877. The van der Waals surface area contributed by atoms with E-state index in [9.17, 15) is 14.7 Å². The predicted molar refractivity (Wildman–Crippen MR) is 163 cm³/mol. The van der Waals surface area contributed by atoms with E-state index in [4.69, 9.17) is 19.6 Å². The molecule has 0 radical (unpaired) electrons. The standard InChI is InChI=1S/C35H59NO7/c1-2-3-4-5-6-7-8-9-10-11-12-13-19-36(20-16-33(38)39)32(37)26-27-14-17-34(18-15-27)40-42-35(43-41-34)30-22-28-21-29(24-30)25-31(35)23-28/h27-31H,2-26H2,1H3,(H,38,39)/t27?,28-,29+,30-,31+,34?,35?. The number of carbonyl (C=O) groups excluding carboxylic acids is 1. The molecule has 8 heteroatoms. The van der Waals surface area contributed by atoms with Crippen molar-refractivity contribution in [2.75, 3.05) is 13.1 Å². The minimum absolute atomic E-state index is 0.000632. The SMILES string of the molecule is CCCCCCCCCCCCCCN(CCC(=O)O)C(=O)CC1CCC2(CC1)OOC1(OO2)[C@H]2C[C@@H]3C[C@@H](C[C@H]1C3)C2. The van der Waals surface area contributed by atoms with Crippen molar-refractivity contribution in [2.24, 2.45) is 29.6 Å². The van der Waals surface area contributed by atoms with Crippen LogP contribution in [0.5, 0.6) is 0 Å². The topological polar surface area (TPSA) is 94.5 Å². The molecule has 246 valence electrons. The maximum Gasteiger partial charge on any atom is 0.305 e. The number of hydrogen-bond acceptors (Lipinski definition) is 6. The monoisotopic (exact) mass is 605 g/mol. The fraction of sp³-hybridized carbons (Fsp3) is 0.943. The van der Waals surface area contributed by atoms with Crippen LogP contribution in [0, 0.1) is 29.6 Å². The van der Waals surface area contributed by atoms with Gasteiger partial charge in [-0.1, -0.05) is 77.6 Å². The molecule has 1 saturated heterocycles. The average Bonchev–Trinajstić information content (AvgIpc) is 2.99. The number of nitrogens with zero attached hydrogens (tertiary/aromatic N) is 1. The zero-order valence-electron chi connectivity index (χ0n) is 26.9. The van der Waals surface area contributed by atoms with E-state index in [1.807, 2.05) is 0 Å². The lowest BCUT2D eigenvalue weighted by Crippen LogP contribution is -2.64. The highest BCUT2D eigenvalue weighted by atomic mass is 17.4. The van der Waals surface area contributed by atoms with Gasteiger partial charge < -0.3 is 10.0 Å². The van der Waals surface area contributed by atoms with E-state index >= 15 is 0 Å². The van der Waals surface area contributed by atoms with Gasteiger partial charge in [0.25, 0.3) is 0 Å². The van der Waals surface area contributed by atoms with Gasteiger partial charge in [0.1, 0.15) is 0 Å². The quantitative estimate of drug-likeness (QED) is 0.124. The summed E-state index contributed by atoms with van der Waals surface area (Å²) in [6, 6.07) is 0. The molecule has 0 unspecified atom stereocenters. The molecule has 6 rings (SSSR count). The molecule has 6 fully saturated rings. The Labute approximate surface area is 259 Å². The molecule has 0 atom stereocenters. The van der Waals surface area contributed by atoms with Crippen molar-refractivity contribution in [2.45, 2.75) is 166 Å². The van der Waals surface area contributed by atoms with E-state index in [2.05, 4.69) is 6.92 Å². The molecule has 1 amide bonds. The van der Waals surface area contributed by atoms with Gasteiger partial charge in [0.15, 0.2) is 0 Å². The van der Waals surface area contributed by atoms with Gasteiger partial charge in [-0.3, -0.25) is 9.59 Å². The molecule has 4 bridgehead atoms. The van der Waals surface area contributed by atoms with Gasteiger partial charge in [0, 0.05) is 44.2 Å². The van der Waals surface area contributed by atoms with Crippen molar-refractivity contribution in [1.29, 1.82) is 0 Å². The van der Waals surface area contributed by atoms with Gasteiger partial charge in [-0.25, -0.2) is 0 Å². The highest BCUT2D eigenvalue weighted by Crippen LogP contribution is 2.62. The summed E-state index contributed by atoms with van der Waals surface area (Å²) in [5.74, 6) is 0.177. The number of hydrogen-bond donors (Lipinski definition) is 1. The third-order valence-electron chi connectivity index (χ3n) is 11.5. The van der Waals surface area contributed by atoms with Crippen LogP contribution in [0.2, 0.25) is 0 Å². The first-order valence-electron chi connectivity index (χ1n) is 18.1. The fourth-order valence-corrected chi connectivity index (χ4v) is 9.02. The Morgan fingerprint density at radius 2 is 1.21 bits per heavy atom. The van der Waals surface area contributed by atoms with E-state index in [-0.39, 0.29) is 18.2 Å². The number of carbonyl (C=O) groups is 2. The summed E-state index contributed by atoms with van der Waals surface area (Å²) < 4.78 is 0. The molecular formula is C35H59NO7. The summed E-state index contributed by atoms with van der Waals surface area (Å²) in [5.41, 5.74) is 0. The third kappa shape index (κ3) is 8.74. The van der Waals surface area contributed by atoms with E-state index in [1.54, 1.807) is 4.90 Å². The van der Waals surface area contributed by atoms with Crippen LogP contribution in [0.1, 0.15) is 155 Å². The van der Waals surface area contributed by atoms with E-state index in [0.29, 0.717) is 44.2 Å². The zero-order chi connectivity index (χ0) is 30.1. The Kier molecular flexibility index (Phi) is 12.2. The van der Waals surface area contributed by atoms with Crippen molar-refractivity contribution >= 4 is 11.9 Å². The largest absolute Gasteiger partial charge is 0.481 e. The van der Waals surface area contributed by atoms with Gasteiger partial charge >= 0.3 is 5.97 Å².